The zero-order valence-corrected chi connectivity index (χ0v) is 9.50. The lowest BCUT2D eigenvalue weighted by molar-refractivity contribution is 0.0690. The molecule has 1 N–H and O–H groups in total. The molecule has 1 aromatic carbocycles. The summed E-state index contributed by atoms with van der Waals surface area (Å²) in [5.74, 6) is -1.85. The van der Waals surface area contributed by atoms with Crippen molar-refractivity contribution in [3.63, 3.8) is 0 Å². The SMILES string of the molecule is N#Cc1ccc(Oc2ccnc(C(=O)O)c2)c(F)c1. The lowest BCUT2D eigenvalue weighted by Crippen LogP contribution is -2.00. The molecule has 0 unspecified atom stereocenters. The minimum absolute atomic E-state index is 0.0958. The quantitative estimate of drug-likeness (QED) is 0.914. The molecule has 0 spiro atoms. The van der Waals surface area contributed by atoms with E-state index in [4.69, 9.17) is 15.1 Å². The van der Waals surface area contributed by atoms with Gasteiger partial charge in [0.05, 0.1) is 11.6 Å². The summed E-state index contributed by atoms with van der Waals surface area (Å²) in [6.45, 7) is 0. The fraction of sp³-hybridized carbons (Fsp3) is 0. The molecule has 94 valence electrons. The molecule has 5 nitrogen and oxygen atoms in total. The van der Waals surface area contributed by atoms with Gasteiger partial charge in [-0.3, -0.25) is 0 Å². The highest BCUT2D eigenvalue weighted by atomic mass is 19.1. The van der Waals surface area contributed by atoms with Crippen LogP contribution in [0.1, 0.15) is 16.1 Å². The molecule has 0 fully saturated rings. The zero-order chi connectivity index (χ0) is 13.8. The molecule has 0 aliphatic heterocycles. The summed E-state index contributed by atoms with van der Waals surface area (Å²) >= 11 is 0. The second-order valence-corrected chi connectivity index (χ2v) is 3.54. The standard InChI is InChI=1S/C13H7FN2O3/c14-10-5-8(7-15)1-2-12(10)19-9-3-4-16-11(6-9)13(17)18/h1-6H,(H,17,18). The number of aromatic nitrogens is 1. The molecule has 0 aliphatic rings. The lowest BCUT2D eigenvalue weighted by Gasteiger charge is -2.07. The van der Waals surface area contributed by atoms with Gasteiger partial charge in [0.1, 0.15) is 5.75 Å². The van der Waals surface area contributed by atoms with Gasteiger partial charge >= 0.3 is 5.97 Å². The Morgan fingerprint density at radius 2 is 2.16 bits per heavy atom. The van der Waals surface area contributed by atoms with Crippen LogP contribution in [0.15, 0.2) is 36.5 Å². The van der Waals surface area contributed by atoms with Gasteiger partial charge in [-0.2, -0.15) is 5.26 Å². The largest absolute Gasteiger partial charge is 0.477 e. The number of carboxylic acid groups (broad SMARTS) is 1. The molecule has 0 radical (unpaired) electrons. The highest BCUT2D eigenvalue weighted by Crippen LogP contribution is 2.25. The van der Waals surface area contributed by atoms with Crippen LogP contribution >= 0.6 is 0 Å². The van der Waals surface area contributed by atoms with Gasteiger partial charge in [0.15, 0.2) is 17.3 Å². The lowest BCUT2D eigenvalue weighted by atomic mass is 10.2. The van der Waals surface area contributed by atoms with E-state index >= 15 is 0 Å². The van der Waals surface area contributed by atoms with E-state index in [-0.39, 0.29) is 22.8 Å². The van der Waals surface area contributed by atoms with Crippen molar-refractivity contribution in [3.8, 4) is 17.6 Å². The molecule has 0 amide bonds. The summed E-state index contributed by atoms with van der Waals surface area (Å²) in [6, 6.07) is 8.12. The monoisotopic (exact) mass is 258 g/mol. The maximum absolute atomic E-state index is 13.6. The molecule has 6 heteroatoms. The highest BCUT2D eigenvalue weighted by molar-refractivity contribution is 5.85. The first-order valence-electron chi connectivity index (χ1n) is 5.17. The Labute approximate surface area is 107 Å². The van der Waals surface area contributed by atoms with Crippen molar-refractivity contribution in [2.75, 3.05) is 0 Å². The van der Waals surface area contributed by atoms with Crippen molar-refractivity contribution in [2.24, 2.45) is 0 Å². The Morgan fingerprint density at radius 1 is 1.37 bits per heavy atom. The van der Waals surface area contributed by atoms with Crippen molar-refractivity contribution < 1.29 is 19.0 Å². The molecule has 2 aromatic rings. The summed E-state index contributed by atoms with van der Waals surface area (Å²) in [5.41, 5.74) is -0.0302. The van der Waals surface area contributed by atoms with Gasteiger partial charge in [-0.15, -0.1) is 0 Å². The topological polar surface area (TPSA) is 83.2 Å². The highest BCUT2D eigenvalue weighted by Gasteiger charge is 2.09. The fourth-order valence-corrected chi connectivity index (χ4v) is 1.37. The summed E-state index contributed by atoms with van der Waals surface area (Å²) in [7, 11) is 0. The van der Waals surface area contributed by atoms with Gasteiger partial charge in [0.25, 0.3) is 0 Å². The third kappa shape index (κ3) is 2.84. The van der Waals surface area contributed by atoms with Crippen molar-refractivity contribution in [2.45, 2.75) is 0 Å². The molecular weight excluding hydrogens is 251 g/mol. The van der Waals surface area contributed by atoms with Crippen LogP contribution in [-0.4, -0.2) is 16.1 Å². The Bertz CT molecular complexity index is 680. The first kappa shape index (κ1) is 12.5. The number of aromatic carboxylic acids is 1. The predicted octanol–water partition coefficient (Wildman–Crippen LogP) is 2.58. The van der Waals surface area contributed by atoms with Gasteiger partial charge in [-0.1, -0.05) is 0 Å². The number of rotatable bonds is 3. The summed E-state index contributed by atoms with van der Waals surface area (Å²) < 4.78 is 18.8. The minimum atomic E-state index is -1.20. The zero-order valence-electron chi connectivity index (χ0n) is 9.50. The minimum Gasteiger partial charge on any atom is -0.477 e. The molecule has 0 saturated carbocycles. The van der Waals surface area contributed by atoms with Crippen LogP contribution in [-0.2, 0) is 0 Å². The van der Waals surface area contributed by atoms with Gasteiger partial charge in [-0.05, 0) is 24.3 Å². The number of carbonyl (C=O) groups is 1. The number of hydrogen-bond donors (Lipinski definition) is 1. The third-order valence-corrected chi connectivity index (χ3v) is 2.24. The van der Waals surface area contributed by atoms with Crippen molar-refractivity contribution in [3.05, 3.63) is 53.6 Å². The van der Waals surface area contributed by atoms with Crippen LogP contribution in [0.4, 0.5) is 4.39 Å². The molecule has 1 heterocycles. The van der Waals surface area contributed by atoms with Crippen LogP contribution in [0.25, 0.3) is 0 Å². The molecule has 2 rings (SSSR count). The Kier molecular flexibility index (Phi) is 3.39. The summed E-state index contributed by atoms with van der Waals surface area (Å²) in [6.07, 6.45) is 1.25. The maximum atomic E-state index is 13.6. The molecule has 1 aromatic heterocycles. The molecule has 0 saturated heterocycles. The Balaban J connectivity index is 2.29. The van der Waals surface area contributed by atoms with Crippen molar-refractivity contribution in [1.82, 2.24) is 4.98 Å². The maximum Gasteiger partial charge on any atom is 0.354 e. The third-order valence-electron chi connectivity index (χ3n) is 2.24. The second kappa shape index (κ2) is 5.14. The summed E-state index contributed by atoms with van der Waals surface area (Å²) in [4.78, 5) is 14.3. The van der Waals surface area contributed by atoms with E-state index in [9.17, 15) is 9.18 Å². The van der Waals surface area contributed by atoms with Crippen LogP contribution in [0.2, 0.25) is 0 Å². The van der Waals surface area contributed by atoms with E-state index in [1.807, 2.05) is 0 Å². The van der Waals surface area contributed by atoms with Crippen LogP contribution < -0.4 is 4.74 Å². The van der Waals surface area contributed by atoms with E-state index in [2.05, 4.69) is 4.98 Å². The average Bonchev–Trinajstić information content (AvgIpc) is 2.41. The first-order valence-corrected chi connectivity index (χ1v) is 5.17. The van der Waals surface area contributed by atoms with Gasteiger partial charge in [0.2, 0.25) is 0 Å². The van der Waals surface area contributed by atoms with Crippen LogP contribution in [0.5, 0.6) is 11.5 Å². The number of hydrogen-bond acceptors (Lipinski definition) is 4. The molecule has 0 atom stereocenters. The van der Waals surface area contributed by atoms with Crippen LogP contribution in [0, 0.1) is 17.1 Å². The Hall–Kier alpha value is -2.94. The number of ether oxygens (including phenoxy) is 1. The van der Waals surface area contributed by atoms with E-state index in [0.29, 0.717) is 0 Å². The predicted molar refractivity (Wildman–Crippen MR) is 62.4 cm³/mol. The average molecular weight is 258 g/mol. The number of nitriles is 1. The van der Waals surface area contributed by atoms with E-state index in [0.717, 1.165) is 6.07 Å². The smallest absolute Gasteiger partial charge is 0.354 e. The number of pyridine rings is 1. The summed E-state index contributed by atoms with van der Waals surface area (Å²) in [5, 5.41) is 17.4. The molecule has 0 bridgehead atoms. The number of benzene rings is 1. The molecule has 19 heavy (non-hydrogen) atoms. The van der Waals surface area contributed by atoms with Crippen LogP contribution in [0.3, 0.4) is 0 Å². The van der Waals surface area contributed by atoms with E-state index in [1.54, 1.807) is 6.07 Å². The van der Waals surface area contributed by atoms with Crippen molar-refractivity contribution >= 4 is 5.97 Å². The Morgan fingerprint density at radius 3 is 2.79 bits per heavy atom. The normalized spacial score (nSPS) is 9.68. The first-order chi connectivity index (χ1) is 9.10. The number of halogens is 1. The van der Waals surface area contributed by atoms with Gasteiger partial charge in [-0.25, -0.2) is 14.2 Å². The van der Waals surface area contributed by atoms with Gasteiger partial charge in [0, 0.05) is 12.3 Å². The van der Waals surface area contributed by atoms with Crippen molar-refractivity contribution in [1.29, 1.82) is 5.26 Å². The van der Waals surface area contributed by atoms with E-state index in [1.165, 1.54) is 30.5 Å². The van der Waals surface area contributed by atoms with E-state index < -0.39 is 11.8 Å². The number of carboxylic acids is 1. The second-order valence-electron chi connectivity index (χ2n) is 3.54. The fourth-order valence-electron chi connectivity index (χ4n) is 1.37. The molecule has 0 aliphatic carbocycles. The van der Waals surface area contributed by atoms with Gasteiger partial charge < -0.3 is 9.84 Å². The molecular formula is C13H7FN2O3. The number of nitrogens with zero attached hydrogens (tertiary/aromatic N) is 2.